The van der Waals surface area contributed by atoms with E-state index in [9.17, 15) is 19.4 Å². The van der Waals surface area contributed by atoms with Crippen molar-refractivity contribution < 1.29 is 19.4 Å². The first kappa shape index (κ1) is 15.6. The Bertz CT molecular complexity index is 501. The second-order valence-corrected chi connectivity index (χ2v) is 5.20. The number of nitriles is 1. The van der Waals surface area contributed by atoms with Crippen LogP contribution in [-0.2, 0) is 11.2 Å². The van der Waals surface area contributed by atoms with Gasteiger partial charge in [0.25, 0.3) is 0 Å². The quantitative estimate of drug-likeness (QED) is 0.857. The van der Waals surface area contributed by atoms with Crippen LogP contribution in [0.2, 0.25) is 0 Å². The second-order valence-electron chi connectivity index (χ2n) is 4.00. The maximum absolute atomic E-state index is 13.6. The number of rotatable bonds is 5. The first-order chi connectivity index (χ1) is 8.95. The molecule has 0 aliphatic carbocycles. The van der Waals surface area contributed by atoms with E-state index in [1.165, 1.54) is 19.1 Å². The van der Waals surface area contributed by atoms with Crippen LogP contribution in [0.5, 0.6) is 0 Å². The summed E-state index contributed by atoms with van der Waals surface area (Å²) in [6.45, 7) is 1.36. The topological polar surface area (TPSA) is 81.3 Å². The lowest BCUT2D eigenvalue weighted by Crippen LogP contribution is -2.21. The molecule has 2 N–H and O–H groups in total. The molecule has 0 radical (unpaired) electrons. The minimum absolute atomic E-state index is 0.0397. The number of carbonyl (C=O) groups excluding carboxylic acids is 1. The smallest absolute Gasteiger partial charge is 0.185 e. The van der Waals surface area contributed by atoms with Crippen molar-refractivity contribution in [1.29, 1.82) is 5.26 Å². The number of aliphatic hydroxyl groups is 2. The molecule has 0 saturated carbocycles. The van der Waals surface area contributed by atoms with Crippen molar-refractivity contribution in [1.82, 2.24) is 0 Å². The third kappa shape index (κ3) is 4.63. The Morgan fingerprint density at radius 3 is 2.74 bits per heavy atom. The molecule has 1 rings (SSSR count). The predicted octanol–water partition coefficient (Wildman–Crippen LogP) is 1.57. The Balaban J connectivity index is 2.77. The summed E-state index contributed by atoms with van der Waals surface area (Å²) in [4.78, 5) is 10.8. The van der Waals surface area contributed by atoms with Crippen LogP contribution in [-0.4, -0.2) is 27.2 Å². The lowest BCUT2D eigenvalue weighted by atomic mass is 10.0. The molecular formula is C13H14FNO3S. The number of hydrogen-bond acceptors (Lipinski definition) is 5. The number of carbonyl (C=O) groups is 1. The molecule has 19 heavy (non-hydrogen) atoms. The molecule has 0 aliphatic heterocycles. The highest BCUT2D eigenvalue weighted by molar-refractivity contribution is 8.13. The summed E-state index contributed by atoms with van der Waals surface area (Å²) in [5.41, 5.74) is 0.460. The van der Waals surface area contributed by atoms with Crippen molar-refractivity contribution in [2.45, 2.75) is 25.6 Å². The van der Waals surface area contributed by atoms with Crippen molar-refractivity contribution in [2.24, 2.45) is 0 Å². The highest BCUT2D eigenvalue weighted by Crippen LogP contribution is 2.22. The first-order valence-electron chi connectivity index (χ1n) is 5.60. The summed E-state index contributed by atoms with van der Waals surface area (Å²) in [7, 11) is 0. The molecule has 2 atom stereocenters. The van der Waals surface area contributed by atoms with Crippen LogP contribution in [0, 0.1) is 17.1 Å². The minimum atomic E-state index is -1.27. The maximum atomic E-state index is 13.6. The van der Waals surface area contributed by atoms with Gasteiger partial charge in [0.1, 0.15) is 11.9 Å². The highest BCUT2D eigenvalue weighted by Gasteiger charge is 2.20. The summed E-state index contributed by atoms with van der Waals surface area (Å²) >= 11 is 0.892. The van der Waals surface area contributed by atoms with E-state index in [2.05, 4.69) is 0 Å². The standard InChI is InChI=1S/C13H14FNO3S/c1-8(16)19-7-12(17)13(18)10-3-2-9(4-5-15)11(14)6-10/h2-3,6,12-13,17-18H,4,7H2,1H3. The number of hydrogen-bond donors (Lipinski definition) is 2. The van der Waals surface area contributed by atoms with E-state index in [1.54, 1.807) is 0 Å². The zero-order valence-electron chi connectivity index (χ0n) is 10.3. The Morgan fingerprint density at radius 2 is 2.21 bits per heavy atom. The third-order valence-corrected chi connectivity index (χ3v) is 3.42. The van der Waals surface area contributed by atoms with Crippen LogP contribution < -0.4 is 0 Å². The van der Waals surface area contributed by atoms with Gasteiger partial charge in [0.15, 0.2) is 5.12 Å². The fraction of sp³-hybridized carbons (Fsp3) is 0.385. The molecule has 2 unspecified atom stereocenters. The van der Waals surface area contributed by atoms with Gasteiger partial charge in [-0.2, -0.15) is 5.26 Å². The number of aliphatic hydroxyl groups excluding tert-OH is 2. The van der Waals surface area contributed by atoms with Crippen LogP contribution in [0.25, 0.3) is 0 Å². The minimum Gasteiger partial charge on any atom is -0.389 e. The van der Waals surface area contributed by atoms with Crippen molar-refractivity contribution in [3.63, 3.8) is 0 Å². The van der Waals surface area contributed by atoms with Gasteiger partial charge in [-0.3, -0.25) is 4.79 Å². The summed E-state index contributed by atoms with van der Waals surface area (Å²) < 4.78 is 13.6. The number of halogens is 1. The van der Waals surface area contributed by atoms with E-state index < -0.39 is 18.0 Å². The van der Waals surface area contributed by atoms with Crippen LogP contribution in [0.1, 0.15) is 24.2 Å². The summed E-state index contributed by atoms with van der Waals surface area (Å²) in [6.07, 6.45) is -2.47. The average Bonchev–Trinajstić information content (AvgIpc) is 2.37. The lowest BCUT2D eigenvalue weighted by molar-refractivity contribution is -0.109. The van der Waals surface area contributed by atoms with E-state index >= 15 is 0 Å². The molecule has 6 heteroatoms. The van der Waals surface area contributed by atoms with Gasteiger partial charge in [0, 0.05) is 18.2 Å². The van der Waals surface area contributed by atoms with Gasteiger partial charge in [-0.25, -0.2) is 4.39 Å². The van der Waals surface area contributed by atoms with Gasteiger partial charge in [-0.05, 0) is 11.6 Å². The number of thioether (sulfide) groups is 1. The molecule has 0 bridgehead atoms. The zero-order valence-corrected chi connectivity index (χ0v) is 11.2. The Hall–Kier alpha value is -1.42. The monoisotopic (exact) mass is 283 g/mol. The van der Waals surface area contributed by atoms with Gasteiger partial charge >= 0.3 is 0 Å². The van der Waals surface area contributed by atoms with Gasteiger partial charge < -0.3 is 10.2 Å². The van der Waals surface area contributed by atoms with E-state index in [0.717, 1.165) is 17.8 Å². The molecule has 0 aromatic heterocycles. The van der Waals surface area contributed by atoms with E-state index in [-0.39, 0.29) is 28.4 Å². The van der Waals surface area contributed by atoms with Gasteiger partial charge in [0.2, 0.25) is 0 Å². The van der Waals surface area contributed by atoms with Crippen molar-refractivity contribution >= 4 is 16.9 Å². The molecule has 0 aliphatic rings. The van der Waals surface area contributed by atoms with Crippen molar-refractivity contribution in [3.05, 3.63) is 35.1 Å². The fourth-order valence-corrected chi connectivity index (χ4v) is 2.08. The van der Waals surface area contributed by atoms with Gasteiger partial charge in [0.05, 0.1) is 18.6 Å². The first-order valence-corrected chi connectivity index (χ1v) is 6.59. The largest absolute Gasteiger partial charge is 0.389 e. The van der Waals surface area contributed by atoms with Crippen LogP contribution in [0.4, 0.5) is 4.39 Å². The Morgan fingerprint density at radius 1 is 1.53 bits per heavy atom. The molecule has 0 heterocycles. The van der Waals surface area contributed by atoms with E-state index in [0.29, 0.717) is 0 Å². The van der Waals surface area contributed by atoms with Crippen LogP contribution in [0.15, 0.2) is 18.2 Å². The number of benzene rings is 1. The van der Waals surface area contributed by atoms with Crippen molar-refractivity contribution in [3.8, 4) is 6.07 Å². The van der Waals surface area contributed by atoms with Gasteiger partial charge in [-0.1, -0.05) is 23.9 Å². The maximum Gasteiger partial charge on any atom is 0.185 e. The number of nitrogens with zero attached hydrogens (tertiary/aromatic N) is 1. The molecule has 0 spiro atoms. The van der Waals surface area contributed by atoms with Gasteiger partial charge in [-0.15, -0.1) is 0 Å². The zero-order chi connectivity index (χ0) is 14.4. The molecule has 4 nitrogen and oxygen atoms in total. The summed E-state index contributed by atoms with van der Waals surface area (Å²) in [6, 6.07) is 5.80. The van der Waals surface area contributed by atoms with E-state index in [4.69, 9.17) is 5.26 Å². The second kappa shape index (κ2) is 7.24. The van der Waals surface area contributed by atoms with Crippen molar-refractivity contribution in [2.75, 3.05) is 5.75 Å². The normalized spacial score (nSPS) is 13.6. The van der Waals surface area contributed by atoms with E-state index in [1.807, 2.05) is 6.07 Å². The fourth-order valence-electron chi connectivity index (χ4n) is 1.49. The average molecular weight is 283 g/mol. The lowest BCUT2D eigenvalue weighted by Gasteiger charge is -2.17. The molecule has 0 amide bonds. The predicted molar refractivity (Wildman–Crippen MR) is 69.8 cm³/mol. The molecular weight excluding hydrogens is 269 g/mol. The Labute approximate surface area is 114 Å². The molecule has 0 saturated heterocycles. The summed E-state index contributed by atoms with van der Waals surface area (Å²) in [5.74, 6) is -0.553. The molecule has 1 aromatic carbocycles. The third-order valence-electron chi connectivity index (χ3n) is 2.51. The molecule has 1 aromatic rings. The van der Waals surface area contributed by atoms with Crippen LogP contribution in [0.3, 0.4) is 0 Å². The highest BCUT2D eigenvalue weighted by atomic mass is 32.2. The van der Waals surface area contributed by atoms with Crippen LogP contribution >= 0.6 is 11.8 Å². The SMILES string of the molecule is CC(=O)SCC(O)C(O)c1ccc(CC#N)c(F)c1. The molecule has 0 fully saturated rings. The Kier molecular flexibility index (Phi) is 5.96. The summed E-state index contributed by atoms with van der Waals surface area (Å²) in [5, 5.41) is 27.9. The molecule has 102 valence electrons.